The highest BCUT2D eigenvalue weighted by molar-refractivity contribution is 6.38. The summed E-state index contributed by atoms with van der Waals surface area (Å²) in [7, 11) is 0. The molecule has 3 aromatic carbocycles. The predicted molar refractivity (Wildman–Crippen MR) is 133 cm³/mol. The quantitative estimate of drug-likeness (QED) is 0.205. The second-order valence-electron chi connectivity index (χ2n) is 8.02. The first-order chi connectivity index (χ1) is 16.9. The number of phenols is 2. The molecule has 180 valence electrons. The van der Waals surface area contributed by atoms with Gasteiger partial charge in [0.25, 0.3) is 5.91 Å². The topological polar surface area (TPSA) is 116 Å². The summed E-state index contributed by atoms with van der Waals surface area (Å²) in [5.74, 6) is -2.58. The van der Waals surface area contributed by atoms with E-state index in [1.54, 1.807) is 19.1 Å². The fourth-order valence-electron chi connectivity index (χ4n) is 3.49. The van der Waals surface area contributed by atoms with Crippen molar-refractivity contribution in [3.05, 3.63) is 101 Å². The van der Waals surface area contributed by atoms with Crippen LogP contribution in [0.3, 0.4) is 0 Å². The Labute approximate surface area is 204 Å². The molecule has 0 saturated heterocycles. The normalized spacial score (nSPS) is 12.0. The molecule has 0 fully saturated rings. The molecular formula is C28H28N2O5. The highest BCUT2D eigenvalue weighted by atomic mass is 16.3. The van der Waals surface area contributed by atoms with Crippen molar-refractivity contribution in [1.29, 1.82) is 0 Å². The van der Waals surface area contributed by atoms with Crippen molar-refractivity contribution in [3.8, 4) is 11.5 Å². The second-order valence-corrected chi connectivity index (χ2v) is 8.02. The maximum absolute atomic E-state index is 13.1. The molecule has 7 nitrogen and oxygen atoms in total. The summed E-state index contributed by atoms with van der Waals surface area (Å²) >= 11 is 0. The molecule has 3 aromatic rings. The van der Waals surface area contributed by atoms with Crippen molar-refractivity contribution in [2.24, 2.45) is 0 Å². The van der Waals surface area contributed by atoms with E-state index >= 15 is 0 Å². The highest BCUT2D eigenvalue weighted by Crippen LogP contribution is 2.26. The molecule has 7 heteroatoms. The Bertz CT molecular complexity index is 1210. The van der Waals surface area contributed by atoms with E-state index in [0.29, 0.717) is 17.6 Å². The summed E-state index contributed by atoms with van der Waals surface area (Å²) in [6.07, 6.45) is 2.06. The van der Waals surface area contributed by atoms with Crippen LogP contribution >= 0.6 is 0 Å². The monoisotopic (exact) mass is 472 g/mol. The minimum absolute atomic E-state index is 0.154. The van der Waals surface area contributed by atoms with E-state index in [1.807, 2.05) is 60.7 Å². The van der Waals surface area contributed by atoms with Gasteiger partial charge in [-0.1, -0.05) is 73.7 Å². The number of ketones is 1. The van der Waals surface area contributed by atoms with Crippen LogP contribution < -0.4 is 10.6 Å². The predicted octanol–water partition coefficient (Wildman–Crippen LogP) is 3.50. The molecule has 0 aliphatic carbocycles. The van der Waals surface area contributed by atoms with Crippen molar-refractivity contribution in [1.82, 2.24) is 10.6 Å². The van der Waals surface area contributed by atoms with Crippen LogP contribution in [0.15, 0.2) is 84.4 Å². The van der Waals surface area contributed by atoms with Gasteiger partial charge in [-0.05, 0) is 41.3 Å². The minimum atomic E-state index is -1.07. The van der Waals surface area contributed by atoms with E-state index in [2.05, 4.69) is 10.6 Å². The van der Waals surface area contributed by atoms with Crippen LogP contribution in [-0.2, 0) is 27.3 Å². The zero-order valence-electron chi connectivity index (χ0n) is 19.4. The lowest BCUT2D eigenvalue weighted by Crippen LogP contribution is -2.48. The van der Waals surface area contributed by atoms with Crippen LogP contribution in [0.25, 0.3) is 6.08 Å². The second kappa shape index (κ2) is 12.2. The standard InChI is InChI=1S/C28H28N2O5/c1-2-22(15-21-13-14-24(31)25(32)17-21)27(34)30-23(16-19-9-5-3-6-10-19)26(33)28(35)29-18-20-11-7-4-8-12-20/h3-15,17,23,31-32H,2,16,18H2,1H3,(H,29,35)(H,30,34)/b22-15+. The summed E-state index contributed by atoms with van der Waals surface area (Å²) in [6, 6.07) is 21.5. The molecule has 0 aliphatic heterocycles. The average molecular weight is 473 g/mol. The number of carbonyl (C=O) groups is 3. The van der Waals surface area contributed by atoms with Crippen LogP contribution in [0.2, 0.25) is 0 Å². The fourth-order valence-corrected chi connectivity index (χ4v) is 3.49. The van der Waals surface area contributed by atoms with Crippen LogP contribution in [0.1, 0.15) is 30.0 Å². The molecule has 1 unspecified atom stereocenters. The number of aromatic hydroxyl groups is 2. The van der Waals surface area contributed by atoms with Crippen LogP contribution in [0.5, 0.6) is 11.5 Å². The van der Waals surface area contributed by atoms with E-state index < -0.39 is 23.6 Å². The maximum Gasteiger partial charge on any atom is 0.289 e. The highest BCUT2D eigenvalue weighted by Gasteiger charge is 2.27. The minimum Gasteiger partial charge on any atom is -0.504 e. The van der Waals surface area contributed by atoms with Gasteiger partial charge < -0.3 is 20.8 Å². The first kappa shape index (κ1) is 25.2. The number of carbonyl (C=O) groups excluding carboxylic acids is 3. The smallest absolute Gasteiger partial charge is 0.289 e. The Morgan fingerprint density at radius 3 is 2.06 bits per heavy atom. The number of rotatable bonds is 10. The first-order valence-electron chi connectivity index (χ1n) is 11.3. The number of amides is 2. The van der Waals surface area contributed by atoms with Gasteiger partial charge in [0.15, 0.2) is 11.5 Å². The Morgan fingerprint density at radius 1 is 0.829 bits per heavy atom. The fraction of sp³-hybridized carbons (Fsp3) is 0.179. The molecule has 1 atom stereocenters. The summed E-state index contributed by atoms with van der Waals surface area (Å²) in [6.45, 7) is 1.98. The van der Waals surface area contributed by atoms with Crippen molar-refractivity contribution < 1.29 is 24.6 Å². The SMILES string of the molecule is CC/C(=C\c1ccc(O)c(O)c1)C(=O)NC(Cc1ccccc1)C(=O)C(=O)NCc1ccccc1. The van der Waals surface area contributed by atoms with E-state index in [9.17, 15) is 24.6 Å². The number of phenolic OH excluding ortho intramolecular Hbond substituents is 2. The van der Waals surface area contributed by atoms with E-state index in [-0.39, 0.29) is 24.5 Å². The first-order valence-corrected chi connectivity index (χ1v) is 11.3. The lowest BCUT2D eigenvalue weighted by atomic mass is 10.0. The van der Waals surface area contributed by atoms with Crippen molar-refractivity contribution >= 4 is 23.7 Å². The van der Waals surface area contributed by atoms with Gasteiger partial charge in [-0.15, -0.1) is 0 Å². The van der Waals surface area contributed by atoms with Crippen LogP contribution in [-0.4, -0.2) is 33.9 Å². The molecule has 35 heavy (non-hydrogen) atoms. The molecule has 0 radical (unpaired) electrons. The van der Waals surface area contributed by atoms with Gasteiger partial charge in [0.1, 0.15) is 6.04 Å². The number of hydrogen-bond acceptors (Lipinski definition) is 5. The third kappa shape index (κ3) is 7.30. The molecule has 0 aromatic heterocycles. The Morgan fingerprint density at radius 2 is 1.46 bits per heavy atom. The van der Waals surface area contributed by atoms with Gasteiger partial charge in [0.05, 0.1) is 0 Å². The summed E-state index contributed by atoms with van der Waals surface area (Å²) in [5, 5.41) is 24.6. The van der Waals surface area contributed by atoms with Crippen molar-refractivity contribution in [3.63, 3.8) is 0 Å². The molecule has 3 rings (SSSR count). The van der Waals surface area contributed by atoms with Crippen LogP contribution in [0, 0.1) is 0 Å². The molecule has 2 amide bonds. The molecule has 0 spiro atoms. The van der Waals surface area contributed by atoms with Gasteiger partial charge in [0.2, 0.25) is 11.7 Å². The Hall–Kier alpha value is -4.39. The maximum atomic E-state index is 13.1. The summed E-state index contributed by atoms with van der Waals surface area (Å²) in [4.78, 5) is 38.8. The summed E-state index contributed by atoms with van der Waals surface area (Å²) < 4.78 is 0. The number of nitrogens with one attached hydrogen (secondary N) is 2. The molecule has 0 aliphatic rings. The Kier molecular flexibility index (Phi) is 8.78. The van der Waals surface area contributed by atoms with Gasteiger partial charge >= 0.3 is 0 Å². The van der Waals surface area contributed by atoms with Crippen LogP contribution in [0.4, 0.5) is 0 Å². The largest absolute Gasteiger partial charge is 0.504 e. The van der Waals surface area contributed by atoms with E-state index in [1.165, 1.54) is 12.1 Å². The Balaban J connectivity index is 1.77. The molecule has 4 N–H and O–H groups in total. The third-order valence-corrected chi connectivity index (χ3v) is 5.44. The number of Topliss-reactive ketones (excluding diaryl/α,β-unsaturated/α-hetero) is 1. The van der Waals surface area contributed by atoms with Gasteiger partial charge in [-0.25, -0.2) is 0 Å². The zero-order chi connectivity index (χ0) is 25.2. The molecule has 0 heterocycles. The van der Waals surface area contributed by atoms with Crippen molar-refractivity contribution in [2.75, 3.05) is 0 Å². The van der Waals surface area contributed by atoms with Gasteiger partial charge in [0, 0.05) is 18.5 Å². The molecule has 0 bridgehead atoms. The number of hydrogen-bond donors (Lipinski definition) is 4. The average Bonchev–Trinajstić information content (AvgIpc) is 2.88. The van der Waals surface area contributed by atoms with E-state index in [0.717, 1.165) is 11.1 Å². The zero-order valence-corrected chi connectivity index (χ0v) is 19.4. The lowest BCUT2D eigenvalue weighted by molar-refractivity contribution is -0.139. The van der Waals surface area contributed by atoms with Gasteiger partial charge in [-0.3, -0.25) is 14.4 Å². The lowest BCUT2D eigenvalue weighted by Gasteiger charge is -2.18. The molecular weight excluding hydrogens is 444 g/mol. The molecule has 0 saturated carbocycles. The van der Waals surface area contributed by atoms with E-state index in [4.69, 9.17) is 0 Å². The summed E-state index contributed by atoms with van der Waals surface area (Å²) in [5.41, 5.74) is 2.52. The number of benzene rings is 3. The van der Waals surface area contributed by atoms with Crippen molar-refractivity contribution in [2.45, 2.75) is 32.4 Å². The van der Waals surface area contributed by atoms with Gasteiger partial charge in [-0.2, -0.15) is 0 Å². The third-order valence-electron chi connectivity index (χ3n) is 5.44.